The minimum absolute atomic E-state index is 0.412. The number of rotatable bonds is 6. The maximum Gasteiger partial charge on any atom is 0.0993 e. The van der Waals surface area contributed by atoms with Crippen molar-refractivity contribution in [1.82, 2.24) is 5.32 Å². The van der Waals surface area contributed by atoms with E-state index in [2.05, 4.69) is 29.4 Å². The molecule has 0 aromatic carbocycles. The number of allylic oxidation sites excluding steroid dienone is 2. The number of unbranched alkanes of at least 4 members (excludes halogenated alkanes) is 2. The summed E-state index contributed by atoms with van der Waals surface area (Å²) in [7, 11) is 0. The Morgan fingerprint density at radius 3 is 3.08 bits per heavy atom. The smallest absolute Gasteiger partial charge is 0.0993 e. The lowest BCUT2D eigenvalue weighted by Gasteiger charge is -2.06. The fraction of sp³-hybridized carbons (Fsp3) is 0.727. The molecule has 0 amide bonds. The van der Waals surface area contributed by atoms with E-state index in [9.17, 15) is 0 Å². The highest BCUT2D eigenvalue weighted by atomic mass is 15.1. The molecule has 1 rings (SSSR count). The van der Waals surface area contributed by atoms with Crippen LogP contribution in [0.1, 0.15) is 39.0 Å². The van der Waals surface area contributed by atoms with E-state index in [1.54, 1.807) is 0 Å². The summed E-state index contributed by atoms with van der Waals surface area (Å²) in [4.78, 5) is 4.32. The van der Waals surface area contributed by atoms with Crippen molar-refractivity contribution in [1.29, 1.82) is 0 Å². The number of hydrogen-bond donors (Lipinski definition) is 1. The SMILES string of the molecule is CC/C=C/CCCCC1N=CCN1. The first-order valence-corrected chi connectivity index (χ1v) is 5.33. The van der Waals surface area contributed by atoms with Crippen molar-refractivity contribution in [3.05, 3.63) is 12.2 Å². The number of aliphatic imine (C=N–C) groups is 1. The highest BCUT2D eigenvalue weighted by molar-refractivity contribution is 5.61. The van der Waals surface area contributed by atoms with Crippen molar-refractivity contribution in [2.24, 2.45) is 4.99 Å². The van der Waals surface area contributed by atoms with Gasteiger partial charge in [0.2, 0.25) is 0 Å². The molecule has 0 saturated carbocycles. The first-order valence-electron chi connectivity index (χ1n) is 5.33. The van der Waals surface area contributed by atoms with Gasteiger partial charge in [0.05, 0.1) is 6.17 Å². The second-order valence-electron chi connectivity index (χ2n) is 3.42. The zero-order valence-corrected chi connectivity index (χ0v) is 8.50. The molecule has 1 N–H and O–H groups in total. The minimum atomic E-state index is 0.412. The predicted molar refractivity (Wildman–Crippen MR) is 58.2 cm³/mol. The van der Waals surface area contributed by atoms with Crippen LogP contribution in [0.25, 0.3) is 0 Å². The first kappa shape index (κ1) is 10.5. The molecule has 1 aliphatic heterocycles. The van der Waals surface area contributed by atoms with Gasteiger partial charge in [-0.15, -0.1) is 0 Å². The van der Waals surface area contributed by atoms with Crippen LogP contribution in [0.4, 0.5) is 0 Å². The first-order chi connectivity index (χ1) is 6.43. The van der Waals surface area contributed by atoms with E-state index in [-0.39, 0.29) is 0 Å². The fourth-order valence-corrected chi connectivity index (χ4v) is 1.48. The Morgan fingerprint density at radius 1 is 1.46 bits per heavy atom. The molecule has 1 atom stereocenters. The van der Waals surface area contributed by atoms with Crippen LogP contribution in [0, 0.1) is 0 Å². The van der Waals surface area contributed by atoms with Crippen LogP contribution < -0.4 is 5.32 Å². The Balaban J connectivity index is 1.89. The number of nitrogens with zero attached hydrogens (tertiary/aromatic N) is 1. The number of nitrogens with one attached hydrogen (secondary N) is 1. The summed E-state index contributed by atoms with van der Waals surface area (Å²) in [6.07, 6.45) is 13.1. The quantitative estimate of drug-likeness (QED) is 0.493. The molecule has 0 aromatic heterocycles. The van der Waals surface area contributed by atoms with Crippen molar-refractivity contribution < 1.29 is 0 Å². The van der Waals surface area contributed by atoms with Gasteiger partial charge in [-0.2, -0.15) is 0 Å². The minimum Gasteiger partial charge on any atom is -0.291 e. The second-order valence-corrected chi connectivity index (χ2v) is 3.42. The van der Waals surface area contributed by atoms with E-state index in [4.69, 9.17) is 0 Å². The van der Waals surface area contributed by atoms with Gasteiger partial charge in [-0.05, 0) is 32.1 Å². The zero-order valence-electron chi connectivity index (χ0n) is 8.50. The predicted octanol–water partition coefficient (Wildman–Crippen LogP) is 2.51. The molecule has 1 aliphatic rings. The van der Waals surface area contributed by atoms with Gasteiger partial charge in [-0.1, -0.05) is 19.1 Å². The van der Waals surface area contributed by atoms with Crippen molar-refractivity contribution in [3.63, 3.8) is 0 Å². The molecule has 0 saturated heterocycles. The Labute approximate surface area is 81.1 Å². The molecule has 0 bridgehead atoms. The summed E-state index contributed by atoms with van der Waals surface area (Å²) in [5.41, 5.74) is 0. The zero-order chi connectivity index (χ0) is 9.36. The van der Waals surface area contributed by atoms with Gasteiger partial charge in [-0.3, -0.25) is 10.3 Å². The average molecular weight is 180 g/mol. The molecule has 1 unspecified atom stereocenters. The van der Waals surface area contributed by atoms with Crippen molar-refractivity contribution in [2.75, 3.05) is 6.54 Å². The van der Waals surface area contributed by atoms with Crippen LogP contribution in [0.5, 0.6) is 0 Å². The third kappa shape index (κ3) is 4.83. The lowest BCUT2D eigenvalue weighted by molar-refractivity contribution is 0.524. The van der Waals surface area contributed by atoms with Crippen molar-refractivity contribution in [3.8, 4) is 0 Å². The molecule has 2 nitrogen and oxygen atoms in total. The topological polar surface area (TPSA) is 24.4 Å². The Morgan fingerprint density at radius 2 is 2.38 bits per heavy atom. The van der Waals surface area contributed by atoms with E-state index >= 15 is 0 Å². The summed E-state index contributed by atoms with van der Waals surface area (Å²) in [5, 5.41) is 3.32. The third-order valence-corrected chi connectivity index (χ3v) is 2.23. The van der Waals surface area contributed by atoms with E-state index in [1.807, 2.05) is 6.21 Å². The molecule has 2 heteroatoms. The van der Waals surface area contributed by atoms with E-state index in [0.29, 0.717) is 6.17 Å². The second kappa shape index (κ2) is 6.84. The molecule has 1 heterocycles. The molecular weight excluding hydrogens is 160 g/mol. The lowest BCUT2D eigenvalue weighted by Crippen LogP contribution is -2.21. The van der Waals surface area contributed by atoms with Crippen molar-refractivity contribution >= 4 is 6.21 Å². The Hall–Kier alpha value is -0.630. The molecule has 0 spiro atoms. The van der Waals surface area contributed by atoms with Crippen LogP contribution in [0.15, 0.2) is 17.1 Å². The van der Waals surface area contributed by atoms with Crippen LogP contribution >= 0.6 is 0 Å². The van der Waals surface area contributed by atoms with Crippen LogP contribution in [-0.4, -0.2) is 18.9 Å². The summed E-state index contributed by atoms with van der Waals surface area (Å²) < 4.78 is 0. The van der Waals surface area contributed by atoms with Crippen LogP contribution in [-0.2, 0) is 0 Å². The van der Waals surface area contributed by atoms with E-state index < -0.39 is 0 Å². The van der Waals surface area contributed by atoms with Crippen LogP contribution in [0.3, 0.4) is 0 Å². The van der Waals surface area contributed by atoms with Gasteiger partial charge in [0.1, 0.15) is 0 Å². The summed E-state index contributed by atoms with van der Waals surface area (Å²) >= 11 is 0. The number of hydrogen-bond acceptors (Lipinski definition) is 2. The average Bonchev–Trinajstić information content (AvgIpc) is 2.63. The highest BCUT2D eigenvalue weighted by Crippen LogP contribution is 2.06. The third-order valence-electron chi connectivity index (χ3n) is 2.23. The molecular formula is C11H20N2. The monoisotopic (exact) mass is 180 g/mol. The summed E-state index contributed by atoms with van der Waals surface area (Å²) in [6.45, 7) is 3.13. The van der Waals surface area contributed by atoms with E-state index in [1.165, 1.54) is 25.7 Å². The highest BCUT2D eigenvalue weighted by Gasteiger charge is 2.07. The standard InChI is InChI=1S/C11H20N2/c1-2-3-4-5-6-7-8-11-12-9-10-13-11/h3-4,9,11,13H,2,5-8,10H2,1H3/b4-3+. The molecule has 0 fully saturated rings. The van der Waals surface area contributed by atoms with Gasteiger partial charge in [0, 0.05) is 12.8 Å². The largest absolute Gasteiger partial charge is 0.291 e. The molecule has 0 aromatic rings. The lowest BCUT2D eigenvalue weighted by atomic mass is 10.1. The van der Waals surface area contributed by atoms with Gasteiger partial charge >= 0.3 is 0 Å². The van der Waals surface area contributed by atoms with Gasteiger partial charge in [0.15, 0.2) is 0 Å². The van der Waals surface area contributed by atoms with Crippen LogP contribution in [0.2, 0.25) is 0 Å². The molecule has 13 heavy (non-hydrogen) atoms. The maximum atomic E-state index is 4.32. The summed E-state index contributed by atoms with van der Waals surface area (Å²) in [6, 6.07) is 0. The van der Waals surface area contributed by atoms with Crippen molar-refractivity contribution in [2.45, 2.75) is 45.2 Å². The van der Waals surface area contributed by atoms with Gasteiger partial charge < -0.3 is 0 Å². The summed E-state index contributed by atoms with van der Waals surface area (Å²) in [5.74, 6) is 0. The molecule has 0 aliphatic carbocycles. The molecule has 74 valence electrons. The Kier molecular flexibility index (Phi) is 5.50. The molecule has 0 radical (unpaired) electrons. The fourth-order valence-electron chi connectivity index (χ4n) is 1.48. The van der Waals surface area contributed by atoms with E-state index in [0.717, 1.165) is 13.0 Å². The van der Waals surface area contributed by atoms with Gasteiger partial charge in [0.25, 0.3) is 0 Å². The maximum absolute atomic E-state index is 4.32. The normalized spacial score (nSPS) is 21.8. The Bertz CT molecular complexity index is 173. The van der Waals surface area contributed by atoms with Gasteiger partial charge in [-0.25, -0.2) is 0 Å².